The third kappa shape index (κ3) is 5.81. The Morgan fingerprint density at radius 2 is 2.09 bits per heavy atom. The first-order valence-corrected chi connectivity index (χ1v) is 8.84. The van der Waals surface area contributed by atoms with Crippen LogP contribution in [0, 0.1) is 6.92 Å². The van der Waals surface area contributed by atoms with Crippen molar-refractivity contribution in [1.82, 2.24) is 5.32 Å². The zero-order valence-electron chi connectivity index (χ0n) is 13.3. The monoisotopic (exact) mass is 349 g/mol. The number of hydrogen-bond acceptors (Lipinski definition) is 3. The molecule has 122 valence electrons. The molecule has 0 aromatic heterocycles. The Bertz CT molecular complexity index is 676. The first kappa shape index (κ1) is 17.7. The van der Waals surface area contributed by atoms with Crippen LogP contribution in [0.2, 0.25) is 5.02 Å². The number of benzene rings is 2. The van der Waals surface area contributed by atoms with Crippen LogP contribution < -0.4 is 10.1 Å². The fraction of sp³-hybridized carbons (Fsp3) is 0.278. The van der Waals surface area contributed by atoms with Crippen LogP contribution >= 0.6 is 23.4 Å². The van der Waals surface area contributed by atoms with Gasteiger partial charge in [0.2, 0.25) is 5.91 Å². The summed E-state index contributed by atoms with van der Waals surface area (Å²) in [5.74, 6) is 2.04. The van der Waals surface area contributed by atoms with Gasteiger partial charge in [0.05, 0.1) is 12.9 Å². The number of ether oxygens (including phenoxy) is 1. The lowest BCUT2D eigenvalue weighted by molar-refractivity contribution is -0.118. The van der Waals surface area contributed by atoms with Gasteiger partial charge in [0, 0.05) is 22.9 Å². The van der Waals surface area contributed by atoms with E-state index in [0.717, 1.165) is 22.6 Å². The average molecular weight is 350 g/mol. The van der Waals surface area contributed by atoms with Crippen molar-refractivity contribution in [3.8, 4) is 5.75 Å². The second kappa shape index (κ2) is 8.85. The second-order valence-electron chi connectivity index (χ2n) is 5.21. The maximum absolute atomic E-state index is 11.9. The molecule has 0 saturated carbocycles. The molecule has 0 aliphatic heterocycles. The fourth-order valence-corrected chi connectivity index (χ4v) is 3.22. The Hall–Kier alpha value is -1.65. The highest BCUT2D eigenvalue weighted by atomic mass is 35.5. The predicted octanol–water partition coefficient (Wildman–Crippen LogP) is 4.21. The number of methoxy groups -OCH3 is 1. The molecule has 3 nitrogen and oxygen atoms in total. The maximum atomic E-state index is 11.9. The van der Waals surface area contributed by atoms with Crippen molar-refractivity contribution in [2.24, 2.45) is 0 Å². The summed E-state index contributed by atoms with van der Waals surface area (Å²) >= 11 is 7.50. The van der Waals surface area contributed by atoms with E-state index in [1.54, 1.807) is 18.9 Å². The van der Waals surface area contributed by atoms with Gasteiger partial charge in [-0.15, -0.1) is 11.8 Å². The molecular weight excluding hydrogens is 330 g/mol. The summed E-state index contributed by atoms with van der Waals surface area (Å²) in [6.07, 6.45) is 0. The van der Waals surface area contributed by atoms with Crippen LogP contribution in [-0.4, -0.2) is 18.8 Å². The molecule has 0 fully saturated rings. The Morgan fingerprint density at radius 1 is 1.26 bits per heavy atom. The van der Waals surface area contributed by atoms with Crippen molar-refractivity contribution < 1.29 is 9.53 Å². The van der Waals surface area contributed by atoms with Crippen molar-refractivity contribution in [2.45, 2.75) is 19.2 Å². The SMILES string of the molecule is COc1ccc(C)cc1CSCC(=O)NCc1cccc(Cl)c1. The van der Waals surface area contributed by atoms with E-state index in [1.165, 1.54) is 5.56 Å². The number of carbonyl (C=O) groups is 1. The Kier molecular flexibility index (Phi) is 6.81. The molecular formula is C18H20ClNO2S. The first-order chi connectivity index (χ1) is 11.1. The van der Waals surface area contributed by atoms with Crippen LogP contribution in [0.25, 0.3) is 0 Å². The van der Waals surface area contributed by atoms with Crippen LogP contribution in [0.3, 0.4) is 0 Å². The first-order valence-electron chi connectivity index (χ1n) is 7.31. The molecule has 0 unspecified atom stereocenters. The standard InChI is InChI=1S/C18H20ClNO2S/c1-13-6-7-17(22-2)15(8-13)11-23-12-18(21)20-10-14-4-3-5-16(19)9-14/h3-9H,10-12H2,1-2H3,(H,20,21). The summed E-state index contributed by atoms with van der Waals surface area (Å²) in [5, 5.41) is 3.58. The Labute approximate surface area is 146 Å². The average Bonchev–Trinajstić information content (AvgIpc) is 2.53. The van der Waals surface area contributed by atoms with Crippen molar-refractivity contribution in [1.29, 1.82) is 0 Å². The summed E-state index contributed by atoms with van der Waals surface area (Å²) in [6, 6.07) is 13.6. The van der Waals surface area contributed by atoms with Gasteiger partial charge in [0.15, 0.2) is 0 Å². The molecule has 0 bridgehead atoms. The Morgan fingerprint density at radius 3 is 2.83 bits per heavy atom. The van der Waals surface area contributed by atoms with Gasteiger partial charge >= 0.3 is 0 Å². The maximum Gasteiger partial charge on any atom is 0.230 e. The van der Waals surface area contributed by atoms with Crippen molar-refractivity contribution >= 4 is 29.3 Å². The molecule has 0 spiro atoms. The molecule has 2 aromatic rings. The van der Waals surface area contributed by atoms with E-state index in [-0.39, 0.29) is 5.91 Å². The molecule has 0 aliphatic carbocycles. The van der Waals surface area contributed by atoms with Gasteiger partial charge in [0.1, 0.15) is 5.75 Å². The van der Waals surface area contributed by atoms with E-state index < -0.39 is 0 Å². The summed E-state index contributed by atoms with van der Waals surface area (Å²) < 4.78 is 5.35. The largest absolute Gasteiger partial charge is 0.496 e. The Balaban J connectivity index is 1.78. The quantitative estimate of drug-likeness (QED) is 0.813. The van der Waals surface area contributed by atoms with Crippen LogP contribution in [0.1, 0.15) is 16.7 Å². The lowest BCUT2D eigenvalue weighted by Crippen LogP contribution is -2.24. The lowest BCUT2D eigenvalue weighted by atomic mass is 10.1. The van der Waals surface area contributed by atoms with Gasteiger partial charge in [-0.2, -0.15) is 0 Å². The number of nitrogens with one attached hydrogen (secondary N) is 1. The highest BCUT2D eigenvalue weighted by Gasteiger charge is 2.06. The van der Waals surface area contributed by atoms with Crippen LogP contribution in [-0.2, 0) is 17.1 Å². The van der Waals surface area contributed by atoms with E-state index in [4.69, 9.17) is 16.3 Å². The predicted molar refractivity (Wildman–Crippen MR) is 97.2 cm³/mol. The molecule has 2 rings (SSSR count). The number of amides is 1. The topological polar surface area (TPSA) is 38.3 Å². The minimum Gasteiger partial charge on any atom is -0.496 e. The zero-order chi connectivity index (χ0) is 16.7. The third-order valence-corrected chi connectivity index (χ3v) is 4.52. The van der Waals surface area contributed by atoms with Gasteiger partial charge in [0.25, 0.3) is 0 Å². The molecule has 2 aromatic carbocycles. The van der Waals surface area contributed by atoms with Gasteiger partial charge in [-0.05, 0) is 30.7 Å². The molecule has 0 atom stereocenters. The smallest absolute Gasteiger partial charge is 0.230 e. The molecule has 0 radical (unpaired) electrons. The van der Waals surface area contributed by atoms with E-state index in [9.17, 15) is 4.79 Å². The number of aryl methyl sites for hydroxylation is 1. The molecule has 5 heteroatoms. The number of halogens is 1. The normalized spacial score (nSPS) is 10.4. The molecule has 0 heterocycles. The van der Waals surface area contributed by atoms with Crippen molar-refractivity contribution in [2.75, 3.05) is 12.9 Å². The summed E-state index contributed by atoms with van der Waals surface area (Å²) in [5.41, 5.74) is 3.29. The third-order valence-electron chi connectivity index (χ3n) is 3.31. The summed E-state index contributed by atoms with van der Waals surface area (Å²) in [4.78, 5) is 11.9. The minimum absolute atomic E-state index is 0.0154. The summed E-state index contributed by atoms with van der Waals surface area (Å²) in [7, 11) is 1.66. The molecule has 0 aliphatic rings. The number of hydrogen-bond donors (Lipinski definition) is 1. The van der Waals surface area contributed by atoms with Gasteiger partial charge in [-0.1, -0.05) is 41.4 Å². The van der Waals surface area contributed by atoms with E-state index in [0.29, 0.717) is 17.3 Å². The number of rotatable bonds is 7. The van der Waals surface area contributed by atoms with Crippen LogP contribution in [0.5, 0.6) is 5.75 Å². The van der Waals surface area contributed by atoms with Crippen LogP contribution in [0.15, 0.2) is 42.5 Å². The van der Waals surface area contributed by atoms with E-state index in [1.807, 2.05) is 43.3 Å². The number of carbonyl (C=O) groups excluding carboxylic acids is 1. The minimum atomic E-state index is 0.0154. The highest BCUT2D eigenvalue weighted by Crippen LogP contribution is 2.24. The van der Waals surface area contributed by atoms with Gasteiger partial charge in [-0.3, -0.25) is 4.79 Å². The molecule has 1 amide bonds. The molecule has 0 saturated heterocycles. The second-order valence-corrected chi connectivity index (χ2v) is 6.64. The zero-order valence-corrected chi connectivity index (χ0v) is 14.8. The lowest BCUT2D eigenvalue weighted by Gasteiger charge is -2.09. The van der Waals surface area contributed by atoms with Crippen molar-refractivity contribution in [3.63, 3.8) is 0 Å². The molecule has 23 heavy (non-hydrogen) atoms. The summed E-state index contributed by atoms with van der Waals surface area (Å²) in [6.45, 7) is 2.54. The molecule has 1 N–H and O–H groups in total. The van der Waals surface area contributed by atoms with E-state index in [2.05, 4.69) is 11.4 Å². The van der Waals surface area contributed by atoms with Gasteiger partial charge < -0.3 is 10.1 Å². The van der Waals surface area contributed by atoms with Crippen LogP contribution in [0.4, 0.5) is 0 Å². The van der Waals surface area contributed by atoms with E-state index >= 15 is 0 Å². The number of thioether (sulfide) groups is 1. The highest BCUT2D eigenvalue weighted by molar-refractivity contribution is 7.99. The fourth-order valence-electron chi connectivity index (χ4n) is 2.17. The van der Waals surface area contributed by atoms with Gasteiger partial charge in [-0.25, -0.2) is 0 Å². The van der Waals surface area contributed by atoms with Crippen molar-refractivity contribution in [3.05, 3.63) is 64.2 Å².